The molecule has 0 aliphatic carbocycles. The van der Waals surface area contributed by atoms with E-state index < -0.39 is 12.0 Å². The van der Waals surface area contributed by atoms with Gasteiger partial charge in [0.15, 0.2) is 0 Å². The van der Waals surface area contributed by atoms with Crippen molar-refractivity contribution in [3.05, 3.63) is 34.1 Å². The number of carboxylic acids is 1. The van der Waals surface area contributed by atoms with Crippen molar-refractivity contribution in [2.24, 2.45) is 5.92 Å². The summed E-state index contributed by atoms with van der Waals surface area (Å²) in [5.41, 5.74) is 0.446. The third-order valence-corrected chi connectivity index (χ3v) is 3.44. The zero-order valence-electron chi connectivity index (χ0n) is 11.8. The summed E-state index contributed by atoms with van der Waals surface area (Å²) in [4.78, 5) is 21.8. The van der Waals surface area contributed by atoms with E-state index in [1.54, 1.807) is 12.1 Å². The number of carbonyl (C=O) groups excluding carboxylic acids is 1. The summed E-state index contributed by atoms with van der Waals surface area (Å²) in [5, 5.41) is 22.7. The number of aliphatic carboxylic acids is 1. The largest absolute Gasteiger partial charge is 0.481 e. The van der Waals surface area contributed by atoms with E-state index in [0.717, 1.165) is 4.47 Å². The van der Waals surface area contributed by atoms with Crippen molar-refractivity contribution >= 4 is 27.9 Å². The first-order valence-electron chi connectivity index (χ1n) is 6.70. The lowest BCUT2D eigenvalue weighted by molar-refractivity contribution is -0.136. The summed E-state index contributed by atoms with van der Waals surface area (Å²) < 4.78 is 14.4. The van der Waals surface area contributed by atoms with E-state index in [-0.39, 0.29) is 44.3 Å². The van der Waals surface area contributed by atoms with E-state index >= 15 is 0 Å². The van der Waals surface area contributed by atoms with Crippen LogP contribution in [0.3, 0.4) is 0 Å². The van der Waals surface area contributed by atoms with Gasteiger partial charge in [-0.2, -0.15) is 0 Å². The highest BCUT2D eigenvalue weighted by Gasteiger charge is 2.13. The molecule has 8 heteroatoms. The molecule has 1 atom stereocenters. The fraction of sp³-hybridized carbons (Fsp3) is 0.429. The molecule has 1 aromatic carbocycles. The molecular weight excluding hydrogens is 359 g/mol. The minimum atomic E-state index is -1.00. The molecule has 0 aliphatic heterocycles. The fourth-order valence-electron chi connectivity index (χ4n) is 1.79. The summed E-state index contributed by atoms with van der Waals surface area (Å²) in [5.74, 6) is -1.71. The highest BCUT2D eigenvalue weighted by atomic mass is 79.9. The maximum absolute atomic E-state index is 13.6. The second-order valence-corrected chi connectivity index (χ2v) is 5.68. The summed E-state index contributed by atoms with van der Waals surface area (Å²) >= 11 is 3.25. The topological polar surface area (TPSA) is 98.7 Å². The maximum Gasteiger partial charge on any atom is 0.314 e. The van der Waals surface area contributed by atoms with E-state index in [1.807, 2.05) is 0 Å². The number of halogens is 2. The second-order valence-electron chi connectivity index (χ2n) is 4.77. The number of carboxylic acid groups (broad SMARTS) is 1. The SMILES string of the molecule is O=C(O)CCNC(=O)NCC(CO)Cc1cc(Br)ccc1F. The summed E-state index contributed by atoms with van der Waals surface area (Å²) in [6, 6.07) is 4.03. The van der Waals surface area contributed by atoms with Crippen LogP contribution in [-0.4, -0.2) is 41.9 Å². The zero-order valence-corrected chi connectivity index (χ0v) is 13.4. The molecule has 4 N–H and O–H groups in total. The van der Waals surface area contributed by atoms with Gasteiger partial charge in [0, 0.05) is 30.1 Å². The van der Waals surface area contributed by atoms with Gasteiger partial charge in [0.25, 0.3) is 0 Å². The molecule has 0 radical (unpaired) electrons. The lowest BCUT2D eigenvalue weighted by Crippen LogP contribution is -2.40. The molecule has 0 heterocycles. The van der Waals surface area contributed by atoms with Crippen LogP contribution in [0.1, 0.15) is 12.0 Å². The average Bonchev–Trinajstić information content (AvgIpc) is 2.46. The van der Waals surface area contributed by atoms with Gasteiger partial charge in [0.1, 0.15) is 5.82 Å². The van der Waals surface area contributed by atoms with Crippen molar-refractivity contribution < 1.29 is 24.2 Å². The van der Waals surface area contributed by atoms with Crippen LogP contribution in [0, 0.1) is 11.7 Å². The highest BCUT2D eigenvalue weighted by Crippen LogP contribution is 2.18. The van der Waals surface area contributed by atoms with Crippen LogP contribution in [0.25, 0.3) is 0 Å². The quantitative estimate of drug-likeness (QED) is 0.552. The number of amides is 2. The molecule has 0 aromatic heterocycles. The Labute approximate surface area is 135 Å². The summed E-state index contributed by atoms with van der Waals surface area (Å²) in [6.07, 6.45) is 0.108. The Morgan fingerprint density at radius 2 is 2.05 bits per heavy atom. The van der Waals surface area contributed by atoms with E-state index in [2.05, 4.69) is 26.6 Å². The summed E-state index contributed by atoms with van der Waals surface area (Å²) in [6.45, 7) is -0.0338. The van der Waals surface area contributed by atoms with Crippen LogP contribution in [-0.2, 0) is 11.2 Å². The standard InChI is InChI=1S/C14H18BrFN2O4/c15-11-1-2-12(16)10(6-11)5-9(8-19)7-18-14(22)17-4-3-13(20)21/h1-2,6,9,19H,3-5,7-8H2,(H,20,21)(H2,17,18,22). The number of rotatable bonds is 8. The lowest BCUT2D eigenvalue weighted by atomic mass is 9.99. The van der Waals surface area contributed by atoms with Crippen LogP contribution < -0.4 is 10.6 Å². The van der Waals surface area contributed by atoms with Crippen molar-refractivity contribution in [2.75, 3.05) is 19.7 Å². The smallest absolute Gasteiger partial charge is 0.314 e. The summed E-state index contributed by atoms with van der Waals surface area (Å²) in [7, 11) is 0. The number of benzene rings is 1. The van der Waals surface area contributed by atoms with Gasteiger partial charge in [0.2, 0.25) is 0 Å². The molecule has 22 heavy (non-hydrogen) atoms. The number of urea groups is 1. The van der Waals surface area contributed by atoms with Crippen molar-refractivity contribution in [1.29, 1.82) is 0 Å². The van der Waals surface area contributed by atoms with Gasteiger partial charge in [-0.25, -0.2) is 9.18 Å². The number of aliphatic hydroxyl groups excluding tert-OH is 1. The van der Waals surface area contributed by atoms with Crippen LogP contribution in [0.2, 0.25) is 0 Å². The van der Waals surface area contributed by atoms with Gasteiger partial charge < -0.3 is 20.8 Å². The molecular formula is C14H18BrFN2O4. The molecule has 0 bridgehead atoms. The first kappa shape index (κ1) is 18.4. The second kappa shape index (κ2) is 9.37. The van der Waals surface area contributed by atoms with Gasteiger partial charge >= 0.3 is 12.0 Å². The zero-order chi connectivity index (χ0) is 16.5. The molecule has 0 spiro atoms. The highest BCUT2D eigenvalue weighted by molar-refractivity contribution is 9.10. The van der Waals surface area contributed by atoms with Crippen LogP contribution >= 0.6 is 15.9 Å². The average molecular weight is 377 g/mol. The van der Waals surface area contributed by atoms with Crippen molar-refractivity contribution in [1.82, 2.24) is 10.6 Å². The number of nitrogens with one attached hydrogen (secondary N) is 2. The predicted molar refractivity (Wildman–Crippen MR) is 82.0 cm³/mol. The Morgan fingerprint density at radius 3 is 2.68 bits per heavy atom. The van der Waals surface area contributed by atoms with Gasteiger partial charge in [-0.1, -0.05) is 15.9 Å². The molecule has 0 aliphatic rings. The Hall–Kier alpha value is -1.67. The normalized spacial score (nSPS) is 11.8. The third kappa shape index (κ3) is 6.86. The number of carbonyl (C=O) groups is 2. The first-order chi connectivity index (χ1) is 10.4. The number of hydrogen-bond acceptors (Lipinski definition) is 3. The van der Waals surface area contributed by atoms with Crippen LogP contribution in [0.5, 0.6) is 0 Å². The molecule has 6 nitrogen and oxygen atoms in total. The van der Waals surface area contributed by atoms with Gasteiger partial charge in [-0.3, -0.25) is 4.79 Å². The molecule has 0 saturated heterocycles. The Bertz CT molecular complexity index is 528. The predicted octanol–water partition coefficient (Wildman–Crippen LogP) is 1.51. The molecule has 1 unspecified atom stereocenters. The lowest BCUT2D eigenvalue weighted by Gasteiger charge is -2.16. The molecule has 1 aromatic rings. The van der Waals surface area contributed by atoms with Gasteiger partial charge in [-0.15, -0.1) is 0 Å². The van der Waals surface area contributed by atoms with Crippen molar-refractivity contribution in [3.63, 3.8) is 0 Å². The minimum absolute atomic E-state index is 0.0191. The van der Waals surface area contributed by atoms with Crippen LogP contribution in [0.4, 0.5) is 9.18 Å². The third-order valence-electron chi connectivity index (χ3n) is 2.95. The molecule has 0 fully saturated rings. The Kier molecular flexibility index (Phi) is 7.83. The Balaban J connectivity index is 2.43. The number of aliphatic hydroxyl groups is 1. The van der Waals surface area contributed by atoms with E-state index in [0.29, 0.717) is 5.56 Å². The minimum Gasteiger partial charge on any atom is -0.481 e. The van der Waals surface area contributed by atoms with E-state index in [9.17, 15) is 19.1 Å². The molecule has 0 saturated carbocycles. The first-order valence-corrected chi connectivity index (χ1v) is 7.50. The molecule has 1 rings (SSSR count). The monoisotopic (exact) mass is 376 g/mol. The van der Waals surface area contributed by atoms with Crippen molar-refractivity contribution in [2.45, 2.75) is 12.8 Å². The number of hydrogen-bond donors (Lipinski definition) is 4. The van der Waals surface area contributed by atoms with Crippen molar-refractivity contribution in [3.8, 4) is 0 Å². The molecule has 122 valence electrons. The van der Waals surface area contributed by atoms with Gasteiger partial charge in [-0.05, 0) is 30.2 Å². The van der Waals surface area contributed by atoms with Crippen LogP contribution in [0.15, 0.2) is 22.7 Å². The van der Waals surface area contributed by atoms with Gasteiger partial charge in [0.05, 0.1) is 6.42 Å². The molecule has 2 amide bonds. The fourth-order valence-corrected chi connectivity index (χ4v) is 2.20. The van der Waals surface area contributed by atoms with E-state index in [1.165, 1.54) is 6.07 Å². The Morgan fingerprint density at radius 1 is 1.32 bits per heavy atom. The maximum atomic E-state index is 13.6. The van der Waals surface area contributed by atoms with E-state index in [4.69, 9.17) is 5.11 Å².